The zero-order valence-corrected chi connectivity index (χ0v) is 20.1. The second kappa shape index (κ2) is 10.4. The minimum atomic E-state index is -0.676. The molecule has 0 atom stereocenters. The van der Waals surface area contributed by atoms with Gasteiger partial charge in [0.15, 0.2) is 5.78 Å². The quantitative estimate of drug-likeness (QED) is 0.294. The Bertz CT molecular complexity index is 1180. The van der Waals surface area contributed by atoms with Crippen molar-refractivity contribution in [1.82, 2.24) is 0 Å². The van der Waals surface area contributed by atoms with E-state index in [2.05, 4.69) is 7.05 Å². The number of nitrogens with zero attached hydrogens (tertiary/aromatic N) is 1. The van der Waals surface area contributed by atoms with Crippen molar-refractivity contribution in [3.63, 3.8) is 0 Å². The standard InChI is InChI=1S/C26H30NO5.ClH/c1-27(12-5-4-6-13-27)14-11-18-7-9-19(10-8-18)25(28)22-17-21-23(31-3)15-20(30-2)16-24(21)32-26(22)29;/h7-10,15-17H,4-6,11-14H2,1-3H3;1H/q+1;/p-1. The number of benzene rings is 2. The van der Waals surface area contributed by atoms with Crippen molar-refractivity contribution in [3.8, 4) is 11.5 Å². The molecule has 1 aliphatic heterocycles. The molecule has 0 radical (unpaired) electrons. The number of methoxy groups -OCH3 is 2. The van der Waals surface area contributed by atoms with Crippen LogP contribution in [0.5, 0.6) is 11.5 Å². The lowest BCUT2D eigenvalue weighted by molar-refractivity contribution is -0.913. The summed E-state index contributed by atoms with van der Waals surface area (Å²) in [6.07, 6.45) is 4.92. The molecule has 33 heavy (non-hydrogen) atoms. The van der Waals surface area contributed by atoms with Gasteiger partial charge in [-0.3, -0.25) is 4.79 Å². The van der Waals surface area contributed by atoms with Gasteiger partial charge >= 0.3 is 5.63 Å². The summed E-state index contributed by atoms with van der Waals surface area (Å²) >= 11 is 0. The second-order valence-electron chi connectivity index (χ2n) is 8.82. The highest BCUT2D eigenvalue weighted by Gasteiger charge is 2.24. The number of halogens is 1. The number of hydrogen-bond acceptors (Lipinski definition) is 5. The molecule has 1 fully saturated rings. The largest absolute Gasteiger partial charge is 1.00 e. The summed E-state index contributed by atoms with van der Waals surface area (Å²) in [6, 6.07) is 12.4. The Balaban J connectivity index is 0.00000306. The van der Waals surface area contributed by atoms with Gasteiger partial charge in [0.25, 0.3) is 0 Å². The molecule has 0 amide bonds. The molecule has 1 saturated heterocycles. The maximum Gasteiger partial charge on any atom is 0.347 e. The van der Waals surface area contributed by atoms with E-state index in [0.29, 0.717) is 28.0 Å². The number of rotatable bonds is 7. The summed E-state index contributed by atoms with van der Waals surface area (Å²) in [6.45, 7) is 3.58. The average molecular weight is 472 g/mol. The molecular weight excluding hydrogens is 442 g/mol. The second-order valence-corrected chi connectivity index (χ2v) is 8.82. The number of quaternary nitrogens is 1. The number of carbonyl (C=O) groups is 1. The molecule has 1 aromatic heterocycles. The van der Waals surface area contributed by atoms with Crippen molar-refractivity contribution >= 4 is 16.8 Å². The molecule has 2 aromatic carbocycles. The normalized spacial score (nSPS) is 15.0. The highest BCUT2D eigenvalue weighted by atomic mass is 35.5. The van der Waals surface area contributed by atoms with Crippen molar-refractivity contribution in [3.05, 3.63) is 69.6 Å². The highest BCUT2D eigenvalue weighted by molar-refractivity contribution is 6.10. The maximum atomic E-state index is 13.1. The van der Waals surface area contributed by atoms with E-state index in [9.17, 15) is 9.59 Å². The van der Waals surface area contributed by atoms with Gasteiger partial charge < -0.3 is 30.8 Å². The molecule has 3 aromatic rings. The molecule has 0 N–H and O–H groups in total. The number of likely N-dealkylation sites (N-methyl/N-ethyl adjacent to an activating group) is 1. The first-order valence-electron chi connectivity index (χ1n) is 11.1. The molecule has 0 saturated carbocycles. The zero-order valence-electron chi connectivity index (χ0n) is 19.4. The lowest BCUT2D eigenvalue weighted by Crippen LogP contribution is -3.00. The Hall–Kier alpha value is -2.83. The first-order chi connectivity index (χ1) is 15.4. The van der Waals surface area contributed by atoms with E-state index < -0.39 is 5.63 Å². The van der Waals surface area contributed by atoms with Gasteiger partial charge in [-0.2, -0.15) is 0 Å². The lowest BCUT2D eigenvalue weighted by atomic mass is 10.0. The van der Waals surface area contributed by atoms with Crippen molar-refractivity contribution in [2.45, 2.75) is 25.7 Å². The van der Waals surface area contributed by atoms with Crippen LogP contribution in [0.2, 0.25) is 0 Å². The number of carbonyl (C=O) groups excluding carboxylic acids is 1. The molecule has 7 heteroatoms. The number of ketones is 1. The van der Waals surface area contributed by atoms with E-state index in [4.69, 9.17) is 13.9 Å². The van der Waals surface area contributed by atoms with E-state index in [0.717, 1.165) is 17.4 Å². The molecule has 0 aliphatic carbocycles. The van der Waals surface area contributed by atoms with Gasteiger partial charge in [-0.25, -0.2) is 4.79 Å². The van der Waals surface area contributed by atoms with E-state index in [1.54, 1.807) is 24.3 Å². The lowest BCUT2D eigenvalue weighted by Gasteiger charge is -2.37. The van der Waals surface area contributed by atoms with Gasteiger partial charge in [-0.15, -0.1) is 0 Å². The molecule has 0 bridgehead atoms. The number of ether oxygens (including phenoxy) is 2. The van der Waals surface area contributed by atoms with Crippen molar-refractivity contribution in [2.75, 3.05) is 40.9 Å². The molecular formula is C26H30ClNO5. The number of likely N-dealkylation sites (tertiary alicyclic amines) is 1. The summed E-state index contributed by atoms with van der Waals surface area (Å²) in [7, 11) is 5.38. The number of hydrogen-bond donors (Lipinski definition) is 0. The summed E-state index contributed by atoms with van der Waals surface area (Å²) in [4.78, 5) is 25.6. The Morgan fingerprint density at radius 1 is 1.00 bits per heavy atom. The van der Waals surface area contributed by atoms with Crippen LogP contribution in [0.4, 0.5) is 0 Å². The fourth-order valence-electron chi connectivity index (χ4n) is 4.48. The Labute approximate surface area is 200 Å². The third-order valence-electron chi connectivity index (χ3n) is 6.54. The van der Waals surface area contributed by atoms with Crippen LogP contribution in [0.1, 0.15) is 40.7 Å². The first-order valence-corrected chi connectivity index (χ1v) is 11.1. The fourth-order valence-corrected chi connectivity index (χ4v) is 4.48. The minimum Gasteiger partial charge on any atom is -1.00 e. The van der Waals surface area contributed by atoms with E-state index in [1.807, 2.05) is 12.1 Å². The predicted molar refractivity (Wildman–Crippen MR) is 124 cm³/mol. The zero-order chi connectivity index (χ0) is 22.7. The maximum absolute atomic E-state index is 13.1. The molecule has 6 nitrogen and oxygen atoms in total. The summed E-state index contributed by atoms with van der Waals surface area (Å²) in [5.74, 6) is 0.620. The Morgan fingerprint density at radius 3 is 2.33 bits per heavy atom. The van der Waals surface area contributed by atoms with Crippen molar-refractivity contribution < 1.29 is 35.6 Å². The highest BCUT2D eigenvalue weighted by Crippen LogP contribution is 2.31. The molecule has 2 heterocycles. The van der Waals surface area contributed by atoms with Crippen LogP contribution in [0.3, 0.4) is 0 Å². The van der Waals surface area contributed by atoms with Crippen molar-refractivity contribution in [2.24, 2.45) is 0 Å². The third kappa shape index (κ3) is 5.40. The molecule has 0 spiro atoms. The van der Waals surface area contributed by atoms with Gasteiger partial charge in [-0.1, -0.05) is 24.3 Å². The average Bonchev–Trinajstić information content (AvgIpc) is 2.82. The van der Waals surface area contributed by atoms with Gasteiger partial charge in [0.2, 0.25) is 0 Å². The third-order valence-corrected chi connectivity index (χ3v) is 6.54. The Morgan fingerprint density at radius 2 is 1.70 bits per heavy atom. The number of fused-ring (bicyclic) bond motifs is 1. The van der Waals surface area contributed by atoms with Crippen molar-refractivity contribution in [1.29, 1.82) is 0 Å². The summed E-state index contributed by atoms with van der Waals surface area (Å²) < 4.78 is 17.2. The monoisotopic (exact) mass is 471 g/mol. The topological polar surface area (TPSA) is 65.7 Å². The smallest absolute Gasteiger partial charge is 0.347 e. The van der Waals surface area contributed by atoms with Crippen LogP contribution in [0.25, 0.3) is 11.0 Å². The van der Waals surface area contributed by atoms with E-state index >= 15 is 0 Å². The minimum absolute atomic E-state index is 0. The van der Waals surface area contributed by atoms with Gasteiger partial charge in [0, 0.05) is 24.1 Å². The van der Waals surface area contributed by atoms with Crippen LogP contribution >= 0.6 is 0 Å². The first kappa shape index (κ1) is 24.8. The molecule has 4 rings (SSSR count). The van der Waals surface area contributed by atoms with Gasteiger partial charge in [0.05, 0.1) is 46.3 Å². The van der Waals surface area contributed by atoms with Crippen LogP contribution in [-0.2, 0) is 6.42 Å². The van der Waals surface area contributed by atoms with E-state index in [1.165, 1.54) is 58.2 Å². The molecule has 0 unspecified atom stereocenters. The molecule has 1 aliphatic rings. The van der Waals surface area contributed by atoms with Crippen LogP contribution in [-0.4, -0.2) is 51.2 Å². The van der Waals surface area contributed by atoms with Gasteiger partial charge in [-0.05, 0) is 30.9 Å². The van der Waals surface area contributed by atoms with Crippen LogP contribution < -0.4 is 27.5 Å². The summed E-state index contributed by atoms with van der Waals surface area (Å²) in [5, 5.41) is 0.548. The molecule has 176 valence electrons. The van der Waals surface area contributed by atoms with Crippen LogP contribution in [0, 0.1) is 0 Å². The summed E-state index contributed by atoms with van der Waals surface area (Å²) in [5.41, 5.74) is 1.29. The van der Waals surface area contributed by atoms with Gasteiger partial charge in [0.1, 0.15) is 22.6 Å². The SMILES string of the molecule is COc1cc(OC)c2cc(C(=O)c3ccc(CC[N+]4(C)CCCCC4)cc3)c(=O)oc2c1.[Cl-]. The Kier molecular flexibility index (Phi) is 7.82. The number of piperidine rings is 1. The van der Waals surface area contributed by atoms with Crippen LogP contribution in [0.15, 0.2) is 51.7 Å². The van der Waals surface area contributed by atoms with E-state index in [-0.39, 0.29) is 23.8 Å². The fraction of sp³-hybridized carbons (Fsp3) is 0.385. The predicted octanol–water partition coefficient (Wildman–Crippen LogP) is 1.22.